The van der Waals surface area contributed by atoms with Crippen molar-refractivity contribution < 1.29 is 14.7 Å². The molecule has 5 nitrogen and oxygen atoms in total. The number of carboxylic acid groups (broad SMARTS) is 1. The number of carbonyl (C=O) groups is 2. The molecule has 24 heavy (non-hydrogen) atoms. The van der Waals surface area contributed by atoms with E-state index >= 15 is 0 Å². The van der Waals surface area contributed by atoms with Crippen molar-refractivity contribution in [3.05, 3.63) is 35.5 Å². The molecule has 130 valence electrons. The number of H-pyrrole nitrogens is 1. The zero-order valence-corrected chi connectivity index (χ0v) is 14.2. The molecule has 0 fully saturated rings. The van der Waals surface area contributed by atoms with Gasteiger partial charge >= 0.3 is 5.97 Å². The average molecular weight is 330 g/mol. The number of nitrogens with one attached hydrogen (secondary N) is 2. The fourth-order valence-corrected chi connectivity index (χ4v) is 2.82. The lowest BCUT2D eigenvalue weighted by atomic mass is 10.1. The summed E-state index contributed by atoms with van der Waals surface area (Å²) in [5, 5.41) is 12.7. The number of fused-ring (bicyclic) bond motifs is 1. The van der Waals surface area contributed by atoms with Crippen molar-refractivity contribution in [2.45, 2.75) is 51.9 Å². The number of unbranched alkanes of at least 4 members (excludes halogenated alkanes) is 3. The van der Waals surface area contributed by atoms with Crippen molar-refractivity contribution in [2.24, 2.45) is 0 Å². The SMILES string of the molecule is Cc1ccc2[nH]cc(CCC(=O)NCCCCCCC(=O)O)c2c1. The molecular weight excluding hydrogens is 304 g/mol. The van der Waals surface area contributed by atoms with Crippen molar-refractivity contribution in [1.82, 2.24) is 10.3 Å². The molecule has 2 rings (SSSR count). The van der Waals surface area contributed by atoms with Gasteiger partial charge in [0.2, 0.25) is 5.91 Å². The van der Waals surface area contributed by atoms with Gasteiger partial charge in [-0.2, -0.15) is 0 Å². The summed E-state index contributed by atoms with van der Waals surface area (Å²) in [5.74, 6) is -0.668. The summed E-state index contributed by atoms with van der Waals surface area (Å²) in [4.78, 5) is 25.6. The number of rotatable bonds is 10. The van der Waals surface area contributed by atoms with Gasteiger partial charge in [-0.25, -0.2) is 0 Å². The number of aryl methyl sites for hydroxylation is 2. The van der Waals surface area contributed by atoms with E-state index in [0.717, 1.165) is 31.2 Å². The second kappa shape index (κ2) is 9.11. The molecule has 5 heteroatoms. The normalized spacial score (nSPS) is 10.9. The Labute approximate surface area is 142 Å². The van der Waals surface area contributed by atoms with E-state index in [2.05, 4.69) is 35.4 Å². The van der Waals surface area contributed by atoms with Crippen LogP contribution in [0.25, 0.3) is 10.9 Å². The summed E-state index contributed by atoms with van der Waals surface area (Å²) in [6, 6.07) is 6.29. The van der Waals surface area contributed by atoms with Gasteiger partial charge in [0.25, 0.3) is 0 Å². The van der Waals surface area contributed by atoms with E-state index in [4.69, 9.17) is 5.11 Å². The van der Waals surface area contributed by atoms with Gasteiger partial charge in [-0.3, -0.25) is 9.59 Å². The van der Waals surface area contributed by atoms with Gasteiger partial charge in [0, 0.05) is 36.5 Å². The summed E-state index contributed by atoms with van der Waals surface area (Å²) in [6.45, 7) is 2.73. The highest BCUT2D eigenvalue weighted by molar-refractivity contribution is 5.84. The van der Waals surface area contributed by atoms with E-state index in [0.29, 0.717) is 19.4 Å². The second-order valence-corrected chi connectivity index (χ2v) is 6.27. The predicted octanol–water partition coefficient (Wildman–Crippen LogP) is 3.56. The van der Waals surface area contributed by atoms with E-state index in [1.165, 1.54) is 16.5 Å². The number of hydrogen-bond acceptors (Lipinski definition) is 2. The van der Waals surface area contributed by atoms with Crippen LogP contribution in [0.3, 0.4) is 0 Å². The van der Waals surface area contributed by atoms with Gasteiger partial charge in [0.1, 0.15) is 0 Å². The maximum absolute atomic E-state index is 11.9. The highest BCUT2D eigenvalue weighted by Crippen LogP contribution is 2.20. The lowest BCUT2D eigenvalue weighted by Gasteiger charge is -2.05. The van der Waals surface area contributed by atoms with E-state index in [1.54, 1.807) is 0 Å². The minimum atomic E-state index is -0.740. The van der Waals surface area contributed by atoms with Gasteiger partial charge < -0.3 is 15.4 Å². The molecule has 0 aliphatic heterocycles. The van der Waals surface area contributed by atoms with Crippen LogP contribution in [0, 0.1) is 6.92 Å². The molecule has 0 unspecified atom stereocenters. The monoisotopic (exact) mass is 330 g/mol. The lowest BCUT2D eigenvalue weighted by Crippen LogP contribution is -2.24. The van der Waals surface area contributed by atoms with E-state index < -0.39 is 5.97 Å². The first-order chi connectivity index (χ1) is 11.6. The number of aromatic nitrogens is 1. The molecule has 0 aliphatic rings. The molecule has 0 saturated heterocycles. The number of aliphatic carboxylic acids is 1. The van der Waals surface area contributed by atoms with Gasteiger partial charge in [0.05, 0.1) is 0 Å². The summed E-state index contributed by atoms with van der Waals surface area (Å²) in [7, 11) is 0. The van der Waals surface area contributed by atoms with E-state index in [9.17, 15) is 9.59 Å². The Morgan fingerprint density at radius 2 is 1.92 bits per heavy atom. The van der Waals surface area contributed by atoms with Crippen molar-refractivity contribution in [3.8, 4) is 0 Å². The standard InChI is InChI=1S/C19H26N2O3/c1-14-7-9-17-16(12-14)15(13-21-17)8-10-18(22)20-11-5-3-2-4-6-19(23)24/h7,9,12-13,21H,2-6,8,10-11H2,1H3,(H,20,22)(H,23,24). The summed E-state index contributed by atoms with van der Waals surface area (Å²) < 4.78 is 0. The Morgan fingerprint density at radius 3 is 2.71 bits per heavy atom. The van der Waals surface area contributed by atoms with Gasteiger partial charge in [-0.05, 0) is 43.9 Å². The van der Waals surface area contributed by atoms with Crippen LogP contribution in [0.4, 0.5) is 0 Å². The third-order valence-corrected chi connectivity index (χ3v) is 4.18. The molecule has 1 aromatic carbocycles. The quantitative estimate of drug-likeness (QED) is 0.583. The Bertz CT molecular complexity index is 691. The zero-order valence-electron chi connectivity index (χ0n) is 14.2. The second-order valence-electron chi connectivity index (χ2n) is 6.27. The van der Waals surface area contributed by atoms with Crippen LogP contribution >= 0.6 is 0 Å². The van der Waals surface area contributed by atoms with Crippen molar-refractivity contribution >= 4 is 22.8 Å². The third-order valence-electron chi connectivity index (χ3n) is 4.18. The van der Waals surface area contributed by atoms with Crippen LogP contribution in [0.1, 0.15) is 49.7 Å². The minimum absolute atomic E-state index is 0.0718. The molecular formula is C19H26N2O3. The van der Waals surface area contributed by atoms with Crippen molar-refractivity contribution in [3.63, 3.8) is 0 Å². The van der Waals surface area contributed by atoms with Crippen LogP contribution < -0.4 is 5.32 Å². The molecule has 1 amide bonds. The largest absolute Gasteiger partial charge is 0.481 e. The molecule has 0 bridgehead atoms. The van der Waals surface area contributed by atoms with Gasteiger partial charge in [-0.1, -0.05) is 24.5 Å². The molecule has 1 heterocycles. The molecule has 0 atom stereocenters. The van der Waals surface area contributed by atoms with Crippen LogP contribution in [-0.4, -0.2) is 28.5 Å². The molecule has 3 N–H and O–H groups in total. The molecule has 0 spiro atoms. The van der Waals surface area contributed by atoms with Crippen LogP contribution in [0.2, 0.25) is 0 Å². The topological polar surface area (TPSA) is 82.2 Å². The molecule has 2 aromatic rings. The van der Waals surface area contributed by atoms with E-state index in [-0.39, 0.29) is 12.3 Å². The highest BCUT2D eigenvalue weighted by atomic mass is 16.4. The molecule has 0 aliphatic carbocycles. The molecule has 0 radical (unpaired) electrons. The lowest BCUT2D eigenvalue weighted by molar-refractivity contribution is -0.137. The summed E-state index contributed by atoms with van der Waals surface area (Å²) in [6.07, 6.45) is 6.90. The first-order valence-corrected chi connectivity index (χ1v) is 8.61. The van der Waals surface area contributed by atoms with Gasteiger partial charge in [0.15, 0.2) is 0 Å². The zero-order chi connectivity index (χ0) is 17.4. The summed E-state index contributed by atoms with van der Waals surface area (Å²) >= 11 is 0. The Kier molecular flexibility index (Phi) is 6.85. The van der Waals surface area contributed by atoms with Crippen LogP contribution in [-0.2, 0) is 16.0 Å². The Balaban J connectivity index is 1.64. The third kappa shape index (κ3) is 5.72. The summed E-state index contributed by atoms with van der Waals surface area (Å²) in [5.41, 5.74) is 3.51. The highest BCUT2D eigenvalue weighted by Gasteiger charge is 2.07. The first kappa shape index (κ1) is 18.0. The maximum Gasteiger partial charge on any atom is 0.303 e. The predicted molar refractivity (Wildman–Crippen MR) is 95.1 cm³/mol. The fraction of sp³-hybridized carbons (Fsp3) is 0.474. The van der Waals surface area contributed by atoms with Crippen molar-refractivity contribution in [2.75, 3.05) is 6.54 Å². The number of hydrogen-bond donors (Lipinski definition) is 3. The van der Waals surface area contributed by atoms with E-state index in [1.807, 2.05) is 6.20 Å². The number of carbonyl (C=O) groups excluding carboxylic acids is 1. The van der Waals surface area contributed by atoms with Gasteiger partial charge in [-0.15, -0.1) is 0 Å². The van der Waals surface area contributed by atoms with Crippen LogP contribution in [0.15, 0.2) is 24.4 Å². The molecule has 0 saturated carbocycles. The Morgan fingerprint density at radius 1 is 1.12 bits per heavy atom. The number of carboxylic acids is 1. The van der Waals surface area contributed by atoms with Crippen molar-refractivity contribution in [1.29, 1.82) is 0 Å². The fourth-order valence-electron chi connectivity index (χ4n) is 2.82. The average Bonchev–Trinajstić information content (AvgIpc) is 2.94. The smallest absolute Gasteiger partial charge is 0.303 e. The number of aromatic amines is 1. The molecule has 1 aromatic heterocycles. The first-order valence-electron chi connectivity index (χ1n) is 8.61. The number of benzene rings is 1. The minimum Gasteiger partial charge on any atom is -0.481 e. The Hall–Kier alpha value is -2.30. The maximum atomic E-state index is 11.9. The van der Waals surface area contributed by atoms with Crippen LogP contribution in [0.5, 0.6) is 0 Å². The number of amides is 1.